The summed E-state index contributed by atoms with van der Waals surface area (Å²) >= 11 is 0. The first kappa shape index (κ1) is 17.5. The molecule has 0 atom stereocenters. The summed E-state index contributed by atoms with van der Waals surface area (Å²) < 4.78 is 1.05. The highest BCUT2D eigenvalue weighted by molar-refractivity contribution is 5.90. The molecule has 0 saturated carbocycles. The van der Waals surface area contributed by atoms with Gasteiger partial charge in [0.05, 0.1) is 11.9 Å². The third-order valence-corrected chi connectivity index (χ3v) is 4.04. The zero-order valence-electron chi connectivity index (χ0n) is 14.8. The van der Waals surface area contributed by atoms with Gasteiger partial charge in [0.15, 0.2) is 0 Å². The zero-order chi connectivity index (χ0) is 18.5. The summed E-state index contributed by atoms with van der Waals surface area (Å²) in [5.41, 5.74) is 3.74. The molecule has 1 heterocycles. The van der Waals surface area contributed by atoms with Crippen LogP contribution in [0.2, 0.25) is 0 Å². The van der Waals surface area contributed by atoms with Crippen LogP contribution in [0.1, 0.15) is 18.1 Å². The van der Waals surface area contributed by atoms with Crippen LogP contribution < -0.4 is 11.0 Å². The van der Waals surface area contributed by atoms with Crippen molar-refractivity contribution in [1.82, 2.24) is 14.8 Å². The Bertz CT molecular complexity index is 960. The van der Waals surface area contributed by atoms with E-state index in [9.17, 15) is 9.59 Å². The minimum Gasteiger partial charge on any atom is -0.324 e. The second-order valence-electron chi connectivity index (χ2n) is 6.05. The van der Waals surface area contributed by atoms with E-state index in [1.807, 2.05) is 55.5 Å². The van der Waals surface area contributed by atoms with E-state index in [0.717, 1.165) is 22.2 Å². The van der Waals surface area contributed by atoms with E-state index < -0.39 is 5.69 Å². The summed E-state index contributed by atoms with van der Waals surface area (Å²) in [6.07, 6.45) is 2.43. The Balaban J connectivity index is 1.70. The maximum atomic E-state index is 12.2. The maximum absolute atomic E-state index is 12.2. The number of hydrogen-bond acceptors (Lipinski definition) is 4. The van der Waals surface area contributed by atoms with Crippen LogP contribution in [0.25, 0.3) is 11.3 Å². The molecule has 1 amide bonds. The number of anilines is 1. The highest BCUT2D eigenvalue weighted by atomic mass is 16.2. The van der Waals surface area contributed by atoms with E-state index in [2.05, 4.69) is 22.3 Å². The van der Waals surface area contributed by atoms with E-state index in [0.29, 0.717) is 11.4 Å². The number of carbonyl (C=O) groups is 1. The molecule has 26 heavy (non-hydrogen) atoms. The number of nitrogens with one attached hydrogen (secondary N) is 1. The van der Waals surface area contributed by atoms with E-state index in [1.165, 1.54) is 11.8 Å². The molecule has 0 saturated heterocycles. The van der Waals surface area contributed by atoms with Gasteiger partial charge in [-0.25, -0.2) is 9.48 Å². The Morgan fingerprint density at radius 2 is 1.77 bits per heavy atom. The lowest BCUT2D eigenvalue weighted by Crippen LogP contribution is -2.31. The van der Waals surface area contributed by atoms with Crippen molar-refractivity contribution in [1.29, 1.82) is 0 Å². The summed E-state index contributed by atoms with van der Waals surface area (Å²) in [6, 6.07) is 15.2. The van der Waals surface area contributed by atoms with Crippen molar-refractivity contribution in [3.8, 4) is 11.3 Å². The van der Waals surface area contributed by atoms with Gasteiger partial charge in [-0.1, -0.05) is 48.9 Å². The van der Waals surface area contributed by atoms with E-state index >= 15 is 0 Å². The van der Waals surface area contributed by atoms with Crippen molar-refractivity contribution < 1.29 is 4.79 Å². The molecule has 2 aromatic carbocycles. The van der Waals surface area contributed by atoms with Crippen molar-refractivity contribution in [2.75, 3.05) is 5.32 Å². The Morgan fingerprint density at radius 1 is 1.08 bits per heavy atom. The van der Waals surface area contributed by atoms with Gasteiger partial charge < -0.3 is 5.32 Å². The quantitative estimate of drug-likeness (QED) is 0.769. The van der Waals surface area contributed by atoms with E-state index in [1.54, 1.807) is 0 Å². The zero-order valence-corrected chi connectivity index (χ0v) is 14.8. The van der Waals surface area contributed by atoms with Crippen molar-refractivity contribution in [3.05, 3.63) is 76.3 Å². The highest BCUT2D eigenvalue weighted by Gasteiger charge is 2.09. The number of carbonyl (C=O) groups excluding carboxylic acids is 1. The first-order valence-corrected chi connectivity index (χ1v) is 8.45. The van der Waals surface area contributed by atoms with Crippen molar-refractivity contribution in [2.24, 2.45) is 0 Å². The average Bonchev–Trinajstić information content (AvgIpc) is 2.64. The lowest BCUT2D eigenvalue weighted by atomic mass is 10.1. The maximum Gasteiger partial charge on any atom is 0.365 e. The number of benzene rings is 2. The molecule has 1 aromatic heterocycles. The number of amides is 1. The Hall–Kier alpha value is -3.28. The summed E-state index contributed by atoms with van der Waals surface area (Å²) in [5, 5.41) is 6.82. The summed E-state index contributed by atoms with van der Waals surface area (Å²) in [4.78, 5) is 28.3. The van der Waals surface area contributed by atoms with Gasteiger partial charge >= 0.3 is 5.69 Å². The van der Waals surface area contributed by atoms with E-state index in [-0.39, 0.29) is 12.5 Å². The lowest BCUT2D eigenvalue weighted by molar-refractivity contribution is -0.117. The third kappa shape index (κ3) is 4.22. The standard InChI is InChI=1S/C20H20N4O2/c1-3-15-6-10-17(11-7-15)22-19(25)13-24-20(26)23-18(12-21-24)16-8-4-14(2)5-9-16/h4-12H,3,13H2,1-2H3,(H,22,25). The van der Waals surface area contributed by atoms with Crippen molar-refractivity contribution in [2.45, 2.75) is 26.8 Å². The van der Waals surface area contributed by atoms with Crippen molar-refractivity contribution >= 4 is 11.6 Å². The fourth-order valence-electron chi connectivity index (χ4n) is 2.50. The summed E-state index contributed by atoms with van der Waals surface area (Å²) in [6.45, 7) is 3.87. The highest BCUT2D eigenvalue weighted by Crippen LogP contribution is 2.15. The van der Waals surface area contributed by atoms with Crippen LogP contribution in [-0.2, 0) is 17.8 Å². The number of aryl methyl sites for hydroxylation is 2. The van der Waals surface area contributed by atoms with Crippen LogP contribution >= 0.6 is 0 Å². The molecule has 0 radical (unpaired) electrons. The number of aromatic nitrogens is 3. The van der Waals surface area contributed by atoms with Gasteiger partial charge in [0.2, 0.25) is 5.91 Å². The van der Waals surface area contributed by atoms with Gasteiger partial charge in [-0.2, -0.15) is 10.1 Å². The third-order valence-electron chi connectivity index (χ3n) is 4.04. The first-order chi connectivity index (χ1) is 12.5. The predicted octanol–water partition coefficient (Wildman–Crippen LogP) is 2.81. The molecular weight excluding hydrogens is 328 g/mol. The van der Waals surface area contributed by atoms with Gasteiger partial charge in [0, 0.05) is 11.3 Å². The fraction of sp³-hybridized carbons (Fsp3) is 0.200. The van der Waals surface area contributed by atoms with Crippen LogP contribution in [0.3, 0.4) is 0 Å². The minimum absolute atomic E-state index is 0.185. The molecule has 132 valence electrons. The molecule has 3 rings (SSSR count). The number of rotatable bonds is 5. The van der Waals surface area contributed by atoms with Crippen molar-refractivity contribution in [3.63, 3.8) is 0 Å². The molecule has 6 nitrogen and oxygen atoms in total. The van der Waals surface area contributed by atoms with Gasteiger partial charge in [0.25, 0.3) is 0 Å². The molecule has 1 N–H and O–H groups in total. The molecular formula is C20H20N4O2. The van der Waals surface area contributed by atoms with Crippen LogP contribution in [0.5, 0.6) is 0 Å². The summed E-state index contributed by atoms with van der Waals surface area (Å²) in [7, 11) is 0. The normalized spacial score (nSPS) is 10.5. The summed E-state index contributed by atoms with van der Waals surface area (Å²) in [5.74, 6) is -0.325. The molecule has 6 heteroatoms. The Morgan fingerprint density at radius 3 is 2.38 bits per heavy atom. The molecule has 0 spiro atoms. The average molecular weight is 348 g/mol. The monoisotopic (exact) mass is 348 g/mol. The Kier molecular flexibility index (Phi) is 5.22. The molecule has 0 aliphatic carbocycles. The van der Waals surface area contributed by atoms with Gasteiger partial charge in [0.1, 0.15) is 6.54 Å². The molecule has 0 bridgehead atoms. The van der Waals surface area contributed by atoms with Crippen LogP contribution in [0.4, 0.5) is 5.69 Å². The second kappa shape index (κ2) is 7.74. The lowest BCUT2D eigenvalue weighted by Gasteiger charge is -2.07. The van der Waals surface area contributed by atoms with Crippen LogP contribution in [0, 0.1) is 6.92 Å². The van der Waals surface area contributed by atoms with Gasteiger partial charge in [-0.3, -0.25) is 4.79 Å². The van der Waals surface area contributed by atoms with Gasteiger partial charge in [-0.15, -0.1) is 0 Å². The molecule has 0 unspecified atom stereocenters. The molecule has 3 aromatic rings. The molecule has 0 aliphatic rings. The SMILES string of the molecule is CCc1ccc(NC(=O)Cn2ncc(-c3ccc(C)cc3)nc2=O)cc1. The first-order valence-electron chi connectivity index (χ1n) is 8.45. The molecule has 0 aliphatic heterocycles. The molecule has 0 fully saturated rings. The second-order valence-corrected chi connectivity index (χ2v) is 6.05. The van der Waals surface area contributed by atoms with Gasteiger partial charge in [-0.05, 0) is 31.0 Å². The van der Waals surface area contributed by atoms with Crippen LogP contribution in [-0.4, -0.2) is 20.7 Å². The largest absolute Gasteiger partial charge is 0.365 e. The van der Waals surface area contributed by atoms with Crippen LogP contribution in [0.15, 0.2) is 59.5 Å². The smallest absolute Gasteiger partial charge is 0.324 e. The predicted molar refractivity (Wildman–Crippen MR) is 101 cm³/mol. The topological polar surface area (TPSA) is 76.9 Å². The Labute approximate surface area is 151 Å². The number of nitrogens with zero attached hydrogens (tertiary/aromatic N) is 3. The van der Waals surface area contributed by atoms with E-state index in [4.69, 9.17) is 0 Å². The minimum atomic E-state index is -0.556. The fourth-order valence-corrected chi connectivity index (χ4v) is 2.50. The number of hydrogen-bond donors (Lipinski definition) is 1.